The first-order valence-electron chi connectivity index (χ1n) is 10.7. The number of benzene rings is 2. The Morgan fingerprint density at radius 3 is 2.45 bits per heavy atom. The molecule has 2 fully saturated rings. The number of sulfonamides is 1. The quantitative estimate of drug-likeness (QED) is 0.695. The molecule has 0 bridgehead atoms. The first kappa shape index (κ1) is 22.1. The zero-order chi connectivity index (χ0) is 22.2. The minimum absolute atomic E-state index is 0.133. The monoisotopic (exact) mass is 461 g/mol. The van der Waals surface area contributed by atoms with Crippen LogP contribution in [0.3, 0.4) is 0 Å². The third kappa shape index (κ3) is 4.45. The van der Waals surface area contributed by atoms with E-state index in [1.165, 1.54) is 28.1 Å². The second-order valence-electron chi connectivity index (χ2n) is 8.39. The van der Waals surface area contributed by atoms with Crippen molar-refractivity contribution in [3.63, 3.8) is 0 Å². The van der Waals surface area contributed by atoms with E-state index in [-0.39, 0.29) is 27.4 Å². The van der Waals surface area contributed by atoms with Crippen molar-refractivity contribution in [2.75, 3.05) is 37.6 Å². The van der Waals surface area contributed by atoms with Crippen molar-refractivity contribution >= 4 is 33.2 Å². The molecule has 0 radical (unpaired) electrons. The van der Waals surface area contributed by atoms with Crippen molar-refractivity contribution in [1.29, 1.82) is 0 Å². The summed E-state index contributed by atoms with van der Waals surface area (Å²) in [6.07, 6.45) is 1.73. The molecule has 6 nitrogen and oxygen atoms in total. The van der Waals surface area contributed by atoms with E-state index in [0.29, 0.717) is 32.7 Å². The van der Waals surface area contributed by atoms with E-state index < -0.39 is 10.0 Å². The number of carbonyl (C=O) groups is 1. The van der Waals surface area contributed by atoms with Crippen LogP contribution in [0.5, 0.6) is 0 Å². The van der Waals surface area contributed by atoms with E-state index in [2.05, 4.69) is 36.9 Å². The highest BCUT2D eigenvalue weighted by atomic mass is 35.5. The third-order valence-electron chi connectivity index (χ3n) is 6.12. The third-order valence-corrected chi connectivity index (χ3v) is 8.34. The second-order valence-corrected chi connectivity index (χ2v) is 10.7. The highest BCUT2D eigenvalue weighted by Crippen LogP contribution is 2.28. The number of amides is 1. The molecule has 2 aliphatic heterocycles. The van der Waals surface area contributed by atoms with Crippen molar-refractivity contribution in [2.45, 2.75) is 37.6 Å². The molecule has 2 aromatic carbocycles. The molecule has 2 aromatic rings. The number of hydrogen-bond acceptors (Lipinski definition) is 4. The molecule has 2 saturated heterocycles. The van der Waals surface area contributed by atoms with Crippen LogP contribution in [0, 0.1) is 6.92 Å². The molecule has 4 rings (SSSR count). The van der Waals surface area contributed by atoms with E-state index in [0.717, 1.165) is 18.5 Å². The maximum atomic E-state index is 13.3. The van der Waals surface area contributed by atoms with Gasteiger partial charge in [0, 0.05) is 44.5 Å². The molecule has 31 heavy (non-hydrogen) atoms. The van der Waals surface area contributed by atoms with Crippen LogP contribution in [0.1, 0.15) is 35.7 Å². The lowest BCUT2D eigenvalue weighted by atomic mass is 10.1. The summed E-state index contributed by atoms with van der Waals surface area (Å²) in [7, 11) is -3.61. The summed E-state index contributed by atoms with van der Waals surface area (Å²) in [6.45, 7) is 7.01. The molecule has 2 heterocycles. The topological polar surface area (TPSA) is 60.9 Å². The molecule has 0 aromatic heterocycles. The van der Waals surface area contributed by atoms with Crippen molar-refractivity contribution < 1.29 is 13.2 Å². The van der Waals surface area contributed by atoms with Crippen LogP contribution in [0.4, 0.5) is 5.69 Å². The molecule has 1 amide bonds. The van der Waals surface area contributed by atoms with Crippen LogP contribution < -0.4 is 4.90 Å². The van der Waals surface area contributed by atoms with E-state index in [1.807, 2.05) is 6.07 Å². The summed E-state index contributed by atoms with van der Waals surface area (Å²) in [5.74, 6) is -0.223. The standard InChI is InChI=1S/C23H28ClN3O3S/c1-17-6-5-7-19(14-17)27-13-12-25(16-18(27)2)23(28)21-15-20(8-9-22(21)24)31(29,30)26-10-3-4-11-26/h5-9,14-15,18H,3-4,10-13,16H2,1-2H3. The van der Waals surface area contributed by atoms with E-state index in [9.17, 15) is 13.2 Å². The predicted octanol–water partition coefficient (Wildman–Crippen LogP) is 3.78. The lowest BCUT2D eigenvalue weighted by Gasteiger charge is -2.41. The minimum atomic E-state index is -3.61. The highest BCUT2D eigenvalue weighted by molar-refractivity contribution is 7.89. The number of rotatable bonds is 4. The largest absolute Gasteiger partial charge is 0.365 e. The Morgan fingerprint density at radius 2 is 1.77 bits per heavy atom. The van der Waals surface area contributed by atoms with Gasteiger partial charge in [0.25, 0.3) is 5.91 Å². The first-order chi connectivity index (χ1) is 14.8. The van der Waals surface area contributed by atoms with Crippen molar-refractivity contribution in [3.05, 3.63) is 58.6 Å². The van der Waals surface area contributed by atoms with Crippen LogP contribution >= 0.6 is 11.6 Å². The number of halogens is 1. The summed E-state index contributed by atoms with van der Waals surface area (Å²) in [4.78, 5) is 17.5. The van der Waals surface area contributed by atoms with Gasteiger partial charge >= 0.3 is 0 Å². The van der Waals surface area contributed by atoms with Gasteiger partial charge in [-0.05, 0) is 62.6 Å². The lowest BCUT2D eigenvalue weighted by Crippen LogP contribution is -2.53. The minimum Gasteiger partial charge on any atom is -0.365 e. The van der Waals surface area contributed by atoms with Gasteiger partial charge in [0.05, 0.1) is 15.5 Å². The van der Waals surface area contributed by atoms with Gasteiger partial charge in [0.15, 0.2) is 0 Å². The fourth-order valence-electron chi connectivity index (χ4n) is 4.41. The van der Waals surface area contributed by atoms with E-state index in [1.54, 1.807) is 4.90 Å². The summed E-state index contributed by atoms with van der Waals surface area (Å²) < 4.78 is 27.3. The molecule has 0 aliphatic carbocycles. The van der Waals surface area contributed by atoms with Crippen molar-refractivity contribution in [3.8, 4) is 0 Å². The molecule has 0 saturated carbocycles. The number of hydrogen-bond donors (Lipinski definition) is 0. The molecule has 0 spiro atoms. The Balaban J connectivity index is 1.53. The summed E-state index contributed by atoms with van der Waals surface area (Å²) in [5.41, 5.74) is 2.60. The fourth-order valence-corrected chi connectivity index (χ4v) is 6.15. The van der Waals surface area contributed by atoms with Gasteiger partial charge in [-0.1, -0.05) is 23.7 Å². The zero-order valence-electron chi connectivity index (χ0n) is 17.9. The Morgan fingerprint density at radius 1 is 1.03 bits per heavy atom. The summed E-state index contributed by atoms with van der Waals surface area (Å²) in [5, 5.41) is 0.277. The maximum absolute atomic E-state index is 13.3. The van der Waals surface area contributed by atoms with Gasteiger partial charge in [-0.3, -0.25) is 4.79 Å². The first-order valence-corrected chi connectivity index (χ1v) is 12.5. The molecule has 8 heteroatoms. The second kappa shape index (κ2) is 8.81. The Kier molecular flexibility index (Phi) is 6.28. The molecule has 2 aliphatic rings. The van der Waals surface area contributed by atoms with Crippen LogP contribution in [-0.2, 0) is 10.0 Å². The smallest absolute Gasteiger partial charge is 0.255 e. The molecule has 0 N–H and O–H groups in total. The molecular weight excluding hydrogens is 434 g/mol. The van der Waals surface area contributed by atoms with Gasteiger partial charge in [-0.25, -0.2) is 8.42 Å². The van der Waals surface area contributed by atoms with Crippen LogP contribution in [0.15, 0.2) is 47.4 Å². The highest BCUT2D eigenvalue weighted by Gasteiger charge is 2.31. The van der Waals surface area contributed by atoms with Crippen LogP contribution in [0.2, 0.25) is 5.02 Å². The molecule has 1 atom stereocenters. The van der Waals surface area contributed by atoms with Gasteiger partial charge < -0.3 is 9.80 Å². The number of carbonyl (C=O) groups excluding carboxylic acids is 1. The lowest BCUT2D eigenvalue weighted by molar-refractivity contribution is 0.0726. The molecular formula is C23H28ClN3O3S. The normalized spacial score (nSPS) is 20.3. The van der Waals surface area contributed by atoms with Crippen molar-refractivity contribution in [1.82, 2.24) is 9.21 Å². The summed E-state index contributed by atoms with van der Waals surface area (Å²) >= 11 is 6.33. The van der Waals surface area contributed by atoms with Gasteiger partial charge in [0.2, 0.25) is 10.0 Å². The summed E-state index contributed by atoms with van der Waals surface area (Å²) in [6, 6.07) is 12.9. The van der Waals surface area contributed by atoms with Crippen LogP contribution in [0.25, 0.3) is 0 Å². The number of aryl methyl sites for hydroxylation is 1. The zero-order valence-corrected chi connectivity index (χ0v) is 19.5. The molecule has 166 valence electrons. The fraction of sp³-hybridized carbons (Fsp3) is 0.435. The Hall–Kier alpha value is -2.09. The number of anilines is 1. The number of nitrogens with zero attached hydrogens (tertiary/aromatic N) is 3. The van der Waals surface area contributed by atoms with Gasteiger partial charge in [-0.15, -0.1) is 0 Å². The SMILES string of the molecule is Cc1cccc(N2CCN(C(=O)c3cc(S(=O)(=O)N4CCCC4)ccc3Cl)CC2C)c1. The number of piperazine rings is 1. The molecule has 1 unspecified atom stereocenters. The van der Waals surface area contributed by atoms with Gasteiger partial charge in [0.1, 0.15) is 0 Å². The Bertz CT molecular complexity index is 1080. The van der Waals surface area contributed by atoms with E-state index in [4.69, 9.17) is 11.6 Å². The average molecular weight is 462 g/mol. The predicted molar refractivity (Wildman–Crippen MR) is 123 cm³/mol. The van der Waals surface area contributed by atoms with Crippen molar-refractivity contribution in [2.24, 2.45) is 0 Å². The van der Waals surface area contributed by atoms with Crippen LogP contribution in [-0.4, -0.2) is 62.3 Å². The van der Waals surface area contributed by atoms with Gasteiger partial charge in [-0.2, -0.15) is 4.31 Å². The van der Waals surface area contributed by atoms with E-state index >= 15 is 0 Å². The maximum Gasteiger partial charge on any atom is 0.255 e. The Labute approximate surface area is 189 Å². The average Bonchev–Trinajstić information content (AvgIpc) is 3.29.